The van der Waals surface area contributed by atoms with Crippen molar-refractivity contribution >= 4 is 39.9 Å². The van der Waals surface area contributed by atoms with Crippen molar-refractivity contribution in [2.45, 2.75) is 25.3 Å². The molecule has 9 heteroatoms. The number of carbonyl (C=O) groups excluding carboxylic acids is 2. The molecule has 0 aliphatic carbocycles. The Hall–Kier alpha value is -2.65. The summed E-state index contributed by atoms with van der Waals surface area (Å²) < 4.78 is 1.49. The molecule has 0 fully saturated rings. The van der Waals surface area contributed by atoms with Crippen LogP contribution < -0.4 is 16.2 Å². The Labute approximate surface area is 170 Å². The first-order chi connectivity index (χ1) is 13.5. The van der Waals surface area contributed by atoms with E-state index in [-0.39, 0.29) is 23.1 Å². The molecule has 0 saturated heterocycles. The number of aromatic nitrogens is 2. The standard InChI is InChI=1S/C19H20N4O3S2/c1-13(18(26)20-10-14-5-3-2-4-6-14)21-16(24)12-27-11-15-9-17(25)23-7-8-28-19(23)22-15/h2-9,13H,10-12H2,1H3,(H,20,26)(H,21,24). The summed E-state index contributed by atoms with van der Waals surface area (Å²) in [7, 11) is 0. The zero-order valence-corrected chi connectivity index (χ0v) is 16.9. The molecule has 28 heavy (non-hydrogen) atoms. The van der Waals surface area contributed by atoms with Crippen molar-refractivity contribution in [1.29, 1.82) is 0 Å². The maximum absolute atomic E-state index is 12.1. The summed E-state index contributed by atoms with van der Waals surface area (Å²) in [5, 5.41) is 7.29. The second kappa shape index (κ2) is 9.52. The van der Waals surface area contributed by atoms with Gasteiger partial charge < -0.3 is 10.6 Å². The van der Waals surface area contributed by atoms with Gasteiger partial charge in [-0.05, 0) is 12.5 Å². The van der Waals surface area contributed by atoms with Crippen LogP contribution in [0.25, 0.3) is 4.96 Å². The maximum Gasteiger partial charge on any atom is 0.258 e. The smallest absolute Gasteiger partial charge is 0.258 e. The van der Waals surface area contributed by atoms with Gasteiger partial charge in [0.15, 0.2) is 4.96 Å². The minimum atomic E-state index is -0.623. The molecule has 1 unspecified atom stereocenters. The molecule has 2 amide bonds. The van der Waals surface area contributed by atoms with Gasteiger partial charge in [-0.1, -0.05) is 30.3 Å². The third kappa shape index (κ3) is 5.43. The van der Waals surface area contributed by atoms with Crippen LogP contribution in [0.3, 0.4) is 0 Å². The summed E-state index contributed by atoms with van der Waals surface area (Å²) in [4.78, 5) is 41.1. The first kappa shape index (κ1) is 20.1. The SMILES string of the molecule is CC(NC(=O)CSCc1cc(=O)n2ccsc2n1)C(=O)NCc1ccccc1. The summed E-state index contributed by atoms with van der Waals surface area (Å²) in [6, 6.07) is 10.4. The molecule has 1 atom stereocenters. The van der Waals surface area contributed by atoms with Crippen LogP contribution in [0, 0.1) is 0 Å². The Morgan fingerprint density at radius 3 is 2.86 bits per heavy atom. The molecule has 0 aliphatic rings. The molecular formula is C19H20N4O3S2. The number of hydrogen-bond donors (Lipinski definition) is 2. The molecule has 2 N–H and O–H groups in total. The molecule has 3 aromatic rings. The second-order valence-corrected chi connectivity index (χ2v) is 7.99. The average Bonchev–Trinajstić information content (AvgIpc) is 3.16. The maximum atomic E-state index is 12.1. The van der Waals surface area contributed by atoms with E-state index in [4.69, 9.17) is 0 Å². The summed E-state index contributed by atoms with van der Waals surface area (Å²) in [6.45, 7) is 2.07. The van der Waals surface area contributed by atoms with E-state index in [1.807, 2.05) is 30.3 Å². The molecular weight excluding hydrogens is 396 g/mol. The third-order valence-electron chi connectivity index (χ3n) is 3.92. The third-order valence-corrected chi connectivity index (χ3v) is 5.64. The topological polar surface area (TPSA) is 92.6 Å². The van der Waals surface area contributed by atoms with Crippen LogP contribution in [0.2, 0.25) is 0 Å². The molecule has 2 aromatic heterocycles. The van der Waals surface area contributed by atoms with Crippen LogP contribution in [0.5, 0.6) is 0 Å². The lowest BCUT2D eigenvalue weighted by Gasteiger charge is -2.14. The fourth-order valence-corrected chi connectivity index (χ4v) is 3.96. The lowest BCUT2D eigenvalue weighted by molar-refractivity contribution is -0.127. The van der Waals surface area contributed by atoms with Gasteiger partial charge in [0.1, 0.15) is 6.04 Å². The van der Waals surface area contributed by atoms with Crippen molar-refractivity contribution in [3.8, 4) is 0 Å². The zero-order valence-electron chi connectivity index (χ0n) is 15.3. The number of amides is 2. The predicted octanol–water partition coefficient (Wildman–Crippen LogP) is 1.81. The van der Waals surface area contributed by atoms with Gasteiger partial charge in [-0.15, -0.1) is 23.1 Å². The van der Waals surface area contributed by atoms with E-state index in [1.165, 1.54) is 33.6 Å². The quantitative estimate of drug-likeness (QED) is 0.584. The molecule has 0 spiro atoms. The molecule has 146 valence electrons. The number of thiazole rings is 1. The van der Waals surface area contributed by atoms with Crippen molar-refractivity contribution in [2.75, 3.05) is 5.75 Å². The largest absolute Gasteiger partial charge is 0.350 e. The van der Waals surface area contributed by atoms with Crippen LogP contribution in [0.15, 0.2) is 52.8 Å². The minimum Gasteiger partial charge on any atom is -0.350 e. The van der Waals surface area contributed by atoms with Crippen LogP contribution >= 0.6 is 23.1 Å². The van der Waals surface area contributed by atoms with E-state index in [2.05, 4.69) is 15.6 Å². The van der Waals surface area contributed by atoms with Crippen molar-refractivity contribution < 1.29 is 9.59 Å². The summed E-state index contributed by atoms with van der Waals surface area (Å²) in [6.07, 6.45) is 1.68. The molecule has 0 bridgehead atoms. The summed E-state index contributed by atoms with van der Waals surface area (Å²) in [5.41, 5.74) is 1.50. The highest BCUT2D eigenvalue weighted by Crippen LogP contribution is 2.12. The molecule has 0 aliphatic heterocycles. The molecule has 3 rings (SSSR count). The van der Waals surface area contributed by atoms with Gasteiger partial charge in [-0.3, -0.25) is 18.8 Å². The highest BCUT2D eigenvalue weighted by Gasteiger charge is 2.15. The molecule has 0 radical (unpaired) electrons. The molecule has 7 nitrogen and oxygen atoms in total. The Kier molecular flexibility index (Phi) is 6.83. The molecule has 0 saturated carbocycles. The van der Waals surface area contributed by atoms with E-state index in [1.54, 1.807) is 18.5 Å². The molecule has 2 heterocycles. The van der Waals surface area contributed by atoms with Crippen molar-refractivity contribution in [3.05, 3.63) is 69.6 Å². The number of rotatable bonds is 8. The van der Waals surface area contributed by atoms with E-state index in [9.17, 15) is 14.4 Å². The lowest BCUT2D eigenvalue weighted by Crippen LogP contribution is -2.45. The van der Waals surface area contributed by atoms with Gasteiger partial charge in [-0.25, -0.2) is 4.98 Å². The number of nitrogens with one attached hydrogen (secondary N) is 2. The predicted molar refractivity (Wildman–Crippen MR) is 111 cm³/mol. The van der Waals surface area contributed by atoms with E-state index >= 15 is 0 Å². The summed E-state index contributed by atoms with van der Waals surface area (Å²) in [5.74, 6) is 0.161. The van der Waals surface area contributed by atoms with E-state index in [0.717, 1.165) is 5.56 Å². The van der Waals surface area contributed by atoms with Gasteiger partial charge in [0.25, 0.3) is 5.56 Å². The van der Waals surface area contributed by atoms with Crippen molar-refractivity contribution in [3.63, 3.8) is 0 Å². The van der Waals surface area contributed by atoms with Crippen molar-refractivity contribution in [1.82, 2.24) is 20.0 Å². The minimum absolute atomic E-state index is 0.130. The van der Waals surface area contributed by atoms with Crippen LogP contribution in [-0.2, 0) is 21.9 Å². The fraction of sp³-hybridized carbons (Fsp3) is 0.263. The van der Waals surface area contributed by atoms with Gasteiger partial charge in [0, 0.05) is 29.9 Å². The zero-order chi connectivity index (χ0) is 19.9. The number of hydrogen-bond acceptors (Lipinski definition) is 6. The number of benzene rings is 1. The first-order valence-electron chi connectivity index (χ1n) is 8.67. The van der Waals surface area contributed by atoms with Gasteiger partial charge >= 0.3 is 0 Å². The fourth-order valence-electron chi connectivity index (χ4n) is 2.50. The number of fused-ring (bicyclic) bond motifs is 1. The highest BCUT2D eigenvalue weighted by molar-refractivity contribution is 7.99. The monoisotopic (exact) mass is 416 g/mol. The average molecular weight is 417 g/mol. The van der Waals surface area contributed by atoms with Crippen molar-refractivity contribution in [2.24, 2.45) is 0 Å². The van der Waals surface area contributed by atoms with Gasteiger partial charge in [0.2, 0.25) is 11.8 Å². The number of carbonyl (C=O) groups is 2. The highest BCUT2D eigenvalue weighted by atomic mass is 32.2. The Bertz CT molecular complexity index is 1020. The Balaban J connectivity index is 1.41. The molecule has 1 aromatic carbocycles. The first-order valence-corrected chi connectivity index (χ1v) is 10.7. The van der Waals surface area contributed by atoms with Crippen LogP contribution in [0.1, 0.15) is 18.2 Å². The Morgan fingerprint density at radius 1 is 1.29 bits per heavy atom. The lowest BCUT2D eigenvalue weighted by atomic mass is 10.2. The number of nitrogens with zero attached hydrogens (tertiary/aromatic N) is 2. The normalized spacial score (nSPS) is 11.9. The van der Waals surface area contributed by atoms with Crippen LogP contribution in [-0.4, -0.2) is 33.0 Å². The van der Waals surface area contributed by atoms with Crippen LogP contribution in [0.4, 0.5) is 0 Å². The van der Waals surface area contributed by atoms with Gasteiger partial charge in [-0.2, -0.15) is 0 Å². The van der Waals surface area contributed by atoms with E-state index in [0.29, 0.717) is 23.0 Å². The van der Waals surface area contributed by atoms with Gasteiger partial charge in [0.05, 0.1) is 11.4 Å². The summed E-state index contributed by atoms with van der Waals surface area (Å²) >= 11 is 2.74. The second-order valence-electron chi connectivity index (χ2n) is 6.13. The Morgan fingerprint density at radius 2 is 2.07 bits per heavy atom. The number of thioether (sulfide) groups is 1. The van der Waals surface area contributed by atoms with E-state index < -0.39 is 6.04 Å².